The average Bonchev–Trinajstić information content (AvgIpc) is 2.78. The number of hydrogen-bond donors (Lipinski definition) is 0. The standard InChI is InChI=1S/C17H30N.2ClH.Ti/c1-7-13(3)16-11-15(9-10-18(5)6)17(12-16)14(4)8-2;;;/h13-14H,7-11H2,1-6H3;2*1H;/q-1;;;+3/p-2. The molecule has 1 nitrogen and oxygen atoms in total. The van der Waals surface area contributed by atoms with Crippen molar-refractivity contribution in [3.05, 3.63) is 22.8 Å². The molecular formula is C17H30Cl2NTi. The Kier molecular flexibility index (Phi) is 16.7. The Hall–Kier alpha value is 0.734. The topological polar surface area (TPSA) is 3.24 Å². The van der Waals surface area contributed by atoms with E-state index in [0.717, 1.165) is 6.54 Å². The predicted octanol–water partition coefficient (Wildman–Crippen LogP) is -1.53. The predicted molar refractivity (Wildman–Crippen MR) is 80.5 cm³/mol. The second-order valence-corrected chi connectivity index (χ2v) is 6.02. The largest absolute Gasteiger partial charge is 3.00 e. The minimum atomic E-state index is 0. The van der Waals surface area contributed by atoms with E-state index in [1.54, 1.807) is 11.1 Å². The summed E-state index contributed by atoms with van der Waals surface area (Å²) in [4.78, 5) is 2.28. The minimum Gasteiger partial charge on any atom is -1.00 e. The van der Waals surface area contributed by atoms with Crippen LogP contribution in [0, 0.1) is 17.9 Å². The van der Waals surface area contributed by atoms with Crippen molar-refractivity contribution in [3.8, 4) is 0 Å². The van der Waals surface area contributed by atoms with E-state index >= 15 is 0 Å². The van der Waals surface area contributed by atoms with Crippen LogP contribution in [0.15, 0.2) is 16.7 Å². The minimum absolute atomic E-state index is 0. The molecule has 0 bridgehead atoms. The van der Waals surface area contributed by atoms with Gasteiger partial charge in [0.05, 0.1) is 0 Å². The van der Waals surface area contributed by atoms with E-state index in [-0.39, 0.29) is 46.5 Å². The van der Waals surface area contributed by atoms with E-state index < -0.39 is 0 Å². The van der Waals surface area contributed by atoms with E-state index in [1.807, 2.05) is 0 Å². The van der Waals surface area contributed by atoms with Crippen LogP contribution in [0.25, 0.3) is 0 Å². The first kappa shape index (κ1) is 26.6. The molecule has 0 spiro atoms. The van der Waals surface area contributed by atoms with Crippen molar-refractivity contribution in [2.45, 2.75) is 53.4 Å². The smallest absolute Gasteiger partial charge is 1.00 e. The fourth-order valence-electron chi connectivity index (χ4n) is 2.43. The van der Waals surface area contributed by atoms with Crippen molar-refractivity contribution >= 4 is 0 Å². The Morgan fingerprint density at radius 2 is 1.57 bits per heavy atom. The van der Waals surface area contributed by atoms with Gasteiger partial charge in [0.2, 0.25) is 0 Å². The van der Waals surface area contributed by atoms with Crippen LogP contribution in [0.5, 0.6) is 0 Å². The van der Waals surface area contributed by atoms with Gasteiger partial charge < -0.3 is 29.7 Å². The monoisotopic (exact) mass is 366 g/mol. The van der Waals surface area contributed by atoms with Crippen molar-refractivity contribution in [2.24, 2.45) is 11.8 Å². The summed E-state index contributed by atoms with van der Waals surface area (Å²) >= 11 is 0. The summed E-state index contributed by atoms with van der Waals surface area (Å²) in [6.45, 7) is 10.4. The fourth-order valence-corrected chi connectivity index (χ4v) is 2.43. The van der Waals surface area contributed by atoms with Gasteiger partial charge in [0.15, 0.2) is 0 Å². The summed E-state index contributed by atoms with van der Waals surface area (Å²) in [6.07, 6.45) is 8.59. The Bertz CT molecular complexity index is 338. The van der Waals surface area contributed by atoms with Crippen LogP contribution in [0.2, 0.25) is 0 Å². The number of halogens is 2. The van der Waals surface area contributed by atoms with Crippen LogP contribution in [0.3, 0.4) is 0 Å². The summed E-state index contributed by atoms with van der Waals surface area (Å²) in [7, 11) is 4.32. The molecule has 0 aromatic carbocycles. The van der Waals surface area contributed by atoms with Crippen LogP contribution < -0.4 is 24.8 Å². The van der Waals surface area contributed by atoms with E-state index in [1.165, 1.54) is 31.3 Å². The molecule has 1 aliphatic carbocycles. The third-order valence-corrected chi connectivity index (χ3v) is 4.25. The molecule has 1 radical (unpaired) electrons. The quantitative estimate of drug-likeness (QED) is 0.390. The van der Waals surface area contributed by atoms with Gasteiger partial charge in [-0.15, -0.1) is 0 Å². The molecule has 0 amide bonds. The molecule has 0 saturated carbocycles. The maximum absolute atomic E-state index is 3.74. The summed E-state index contributed by atoms with van der Waals surface area (Å²) in [5.74, 6) is 1.37. The molecule has 4 heteroatoms. The van der Waals surface area contributed by atoms with Crippen LogP contribution in [0.4, 0.5) is 0 Å². The molecule has 0 fully saturated rings. The van der Waals surface area contributed by atoms with Gasteiger partial charge in [0.1, 0.15) is 0 Å². The first-order valence-corrected chi connectivity index (χ1v) is 7.48. The first-order chi connectivity index (χ1) is 8.49. The van der Waals surface area contributed by atoms with Gasteiger partial charge in [-0.3, -0.25) is 0 Å². The molecule has 2 unspecified atom stereocenters. The van der Waals surface area contributed by atoms with Crippen molar-refractivity contribution in [1.29, 1.82) is 0 Å². The molecular weight excluding hydrogens is 337 g/mol. The average molecular weight is 367 g/mol. The summed E-state index contributed by atoms with van der Waals surface area (Å²) in [5, 5.41) is 0. The molecule has 0 aliphatic heterocycles. The molecule has 1 aliphatic rings. The number of allylic oxidation sites excluding steroid dienone is 3. The van der Waals surface area contributed by atoms with Gasteiger partial charge in [0, 0.05) is 0 Å². The normalized spacial score (nSPS) is 16.6. The van der Waals surface area contributed by atoms with E-state index in [2.05, 4.69) is 52.8 Å². The van der Waals surface area contributed by atoms with Gasteiger partial charge in [-0.2, -0.15) is 5.57 Å². The van der Waals surface area contributed by atoms with Gasteiger partial charge in [-0.1, -0.05) is 59.3 Å². The molecule has 121 valence electrons. The van der Waals surface area contributed by atoms with Crippen molar-refractivity contribution < 1.29 is 46.5 Å². The SMILES string of the molecule is CCC(C)C1=[C-]C(C(C)CC)=C(CCN(C)C)C1.[Cl-].[Cl-].[Ti+3]. The van der Waals surface area contributed by atoms with Gasteiger partial charge in [-0.25, -0.2) is 17.2 Å². The fraction of sp³-hybridized carbons (Fsp3) is 0.765. The molecule has 0 N–H and O–H groups in total. The molecule has 21 heavy (non-hydrogen) atoms. The second-order valence-electron chi connectivity index (χ2n) is 6.02. The molecule has 2 atom stereocenters. The van der Waals surface area contributed by atoms with E-state index in [4.69, 9.17) is 0 Å². The zero-order valence-corrected chi connectivity index (χ0v) is 17.5. The Balaban J connectivity index is -0.00000108. The van der Waals surface area contributed by atoms with Crippen LogP contribution in [0.1, 0.15) is 53.4 Å². The van der Waals surface area contributed by atoms with Crippen molar-refractivity contribution in [1.82, 2.24) is 4.90 Å². The van der Waals surface area contributed by atoms with E-state index in [0.29, 0.717) is 11.8 Å². The zero-order chi connectivity index (χ0) is 13.7. The Morgan fingerprint density at radius 1 is 1.05 bits per heavy atom. The van der Waals surface area contributed by atoms with E-state index in [9.17, 15) is 0 Å². The Morgan fingerprint density at radius 3 is 2.00 bits per heavy atom. The van der Waals surface area contributed by atoms with Crippen molar-refractivity contribution in [3.63, 3.8) is 0 Å². The third-order valence-electron chi connectivity index (χ3n) is 4.25. The zero-order valence-electron chi connectivity index (χ0n) is 14.4. The van der Waals surface area contributed by atoms with Crippen LogP contribution in [-0.2, 0) is 21.7 Å². The summed E-state index contributed by atoms with van der Waals surface area (Å²) < 4.78 is 0. The molecule has 0 aromatic rings. The van der Waals surface area contributed by atoms with Crippen LogP contribution >= 0.6 is 0 Å². The maximum atomic E-state index is 3.74. The molecule has 1 rings (SSSR count). The molecule has 0 heterocycles. The number of rotatable bonds is 7. The Labute approximate surface area is 159 Å². The maximum Gasteiger partial charge on any atom is 3.00 e. The summed E-state index contributed by atoms with van der Waals surface area (Å²) in [5.41, 5.74) is 4.71. The van der Waals surface area contributed by atoms with Gasteiger partial charge in [-0.05, 0) is 26.6 Å². The molecule has 0 saturated heterocycles. The molecule has 0 aromatic heterocycles. The third kappa shape index (κ3) is 8.23. The van der Waals surface area contributed by atoms with Gasteiger partial charge in [0.25, 0.3) is 0 Å². The number of nitrogens with zero attached hydrogens (tertiary/aromatic N) is 1. The summed E-state index contributed by atoms with van der Waals surface area (Å²) in [6, 6.07) is 0. The van der Waals surface area contributed by atoms with Gasteiger partial charge >= 0.3 is 21.7 Å². The first-order valence-electron chi connectivity index (χ1n) is 7.48. The number of hydrogen-bond acceptors (Lipinski definition) is 1. The van der Waals surface area contributed by atoms with Crippen LogP contribution in [-0.4, -0.2) is 25.5 Å². The van der Waals surface area contributed by atoms with Crippen molar-refractivity contribution in [2.75, 3.05) is 20.6 Å². The second kappa shape index (κ2) is 13.2.